The van der Waals surface area contributed by atoms with Crippen molar-refractivity contribution in [2.24, 2.45) is 11.8 Å². The van der Waals surface area contributed by atoms with E-state index in [2.05, 4.69) is 16.1 Å². The molecule has 1 aliphatic carbocycles. The summed E-state index contributed by atoms with van der Waals surface area (Å²) in [5.74, 6) is -0.938. The SMILES string of the molecule is CS(=O)(=O)N[C@@H]1CCCCC1CC(=O)N1CC(C#N)C[C@H]1C(=O)NCc1ccccc1. The summed E-state index contributed by atoms with van der Waals surface area (Å²) in [6.07, 6.45) is 4.95. The Bertz CT molecular complexity index is 929. The highest BCUT2D eigenvalue weighted by molar-refractivity contribution is 7.88. The van der Waals surface area contributed by atoms with Crippen molar-refractivity contribution in [1.29, 1.82) is 5.26 Å². The Morgan fingerprint density at radius 1 is 1.19 bits per heavy atom. The van der Waals surface area contributed by atoms with E-state index in [1.807, 2.05) is 30.3 Å². The van der Waals surface area contributed by atoms with Gasteiger partial charge in [-0.15, -0.1) is 0 Å². The van der Waals surface area contributed by atoms with Gasteiger partial charge in [-0.3, -0.25) is 9.59 Å². The lowest BCUT2D eigenvalue weighted by Gasteiger charge is -2.33. The van der Waals surface area contributed by atoms with Gasteiger partial charge in [0.1, 0.15) is 6.04 Å². The van der Waals surface area contributed by atoms with E-state index < -0.39 is 16.1 Å². The molecule has 1 heterocycles. The molecule has 2 amide bonds. The molecule has 2 N–H and O–H groups in total. The number of benzene rings is 1. The molecule has 1 aromatic carbocycles. The van der Waals surface area contributed by atoms with Crippen LogP contribution >= 0.6 is 0 Å². The van der Waals surface area contributed by atoms with Crippen LogP contribution in [0.5, 0.6) is 0 Å². The molecule has 2 fully saturated rings. The summed E-state index contributed by atoms with van der Waals surface area (Å²) in [6.45, 7) is 0.591. The van der Waals surface area contributed by atoms with Gasteiger partial charge in [0, 0.05) is 25.6 Å². The van der Waals surface area contributed by atoms with E-state index in [1.54, 1.807) is 0 Å². The molecule has 1 aromatic rings. The molecule has 0 spiro atoms. The maximum absolute atomic E-state index is 13.1. The normalized spacial score (nSPS) is 26.3. The van der Waals surface area contributed by atoms with Crippen LogP contribution in [0.1, 0.15) is 44.1 Å². The minimum absolute atomic E-state index is 0.106. The molecule has 1 saturated heterocycles. The van der Waals surface area contributed by atoms with Crippen molar-refractivity contribution in [3.63, 3.8) is 0 Å². The minimum Gasteiger partial charge on any atom is -0.350 e. The fraction of sp³-hybridized carbons (Fsp3) is 0.591. The Kier molecular flexibility index (Phi) is 7.68. The zero-order valence-corrected chi connectivity index (χ0v) is 18.6. The van der Waals surface area contributed by atoms with E-state index in [4.69, 9.17) is 0 Å². The van der Waals surface area contributed by atoms with Crippen molar-refractivity contribution < 1.29 is 18.0 Å². The number of carbonyl (C=O) groups excluding carboxylic acids is 2. The molecule has 8 nitrogen and oxygen atoms in total. The highest BCUT2D eigenvalue weighted by atomic mass is 32.2. The average Bonchev–Trinajstić information content (AvgIpc) is 3.18. The highest BCUT2D eigenvalue weighted by Gasteiger charge is 2.41. The van der Waals surface area contributed by atoms with Crippen LogP contribution in [0, 0.1) is 23.2 Å². The highest BCUT2D eigenvalue weighted by Crippen LogP contribution is 2.31. The van der Waals surface area contributed by atoms with E-state index in [9.17, 15) is 23.3 Å². The van der Waals surface area contributed by atoms with Gasteiger partial charge < -0.3 is 10.2 Å². The average molecular weight is 447 g/mol. The number of nitrogens with one attached hydrogen (secondary N) is 2. The topological polar surface area (TPSA) is 119 Å². The van der Waals surface area contributed by atoms with Gasteiger partial charge in [0.25, 0.3) is 0 Å². The molecular formula is C22H30N4O4S. The van der Waals surface area contributed by atoms with Gasteiger partial charge in [-0.1, -0.05) is 43.2 Å². The maximum Gasteiger partial charge on any atom is 0.243 e. The van der Waals surface area contributed by atoms with Crippen molar-refractivity contribution >= 4 is 21.8 Å². The first-order valence-corrected chi connectivity index (χ1v) is 12.6. The lowest BCUT2D eigenvalue weighted by molar-refractivity contribution is -0.139. The lowest BCUT2D eigenvalue weighted by Crippen LogP contribution is -2.48. The van der Waals surface area contributed by atoms with Crippen molar-refractivity contribution in [2.45, 2.75) is 57.2 Å². The third-order valence-corrected chi connectivity index (χ3v) is 6.86. The molecule has 1 aliphatic heterocycles. The van der Waals surface area contributed by atoms with Crippen LogP contribution in [0.15, 0.2) is 30.3 Å². The van der Waals surface area contributed by atoms with Gasteiger partial charge in [-0.25, -0.2) is 13.1 Å². The quantitative estimate of drug-likeness (QED) is 0.658. The Morgan fingerprint density at radius 2 is 1.90 bits per heavy atom. The van der Waals surface area contributed by atoms with E-state index in [1.165, 1.54) is 4.90 Å². The fourth-order valence-electron chi connectivity index (χ4n) is 4.58. The van der Waals surface area contributed by atoms with Crippen LogP contribution in [-0.2, 0) is 26.2 Å². The third kappa shape index (κ3) is 6.52. The van der Waals surface area contributed by atoms with E-state index >= 15 is 0 Å². The third-order valence-electron chi connectivity index (χ3n) is 6.13. The van der Waals surface area contributed by atoms with Crippen molar-refractivity contribution in [1.82, 2.24) is 14.9 Å². The summed E-state index contributed by atoms with van der Waals surface area (Å²) in [5.41, 5.74) is 0.959. The number of nitriles is 1. The number of hydrogen-bond acceptors (Lipinski definition) is 5. The fourth-order valence-corrected chi connectivity index (χ4v) is 5.44. The Morgan fingerprint density at radius 3 is 2.58 bits per heavy atom. The molecule has 0 bridgehead atoms. The summed E-state index contributed by atoms with van der Waals surface area (Å²) in [6, 6.07) is 10.7. The number of rotatable bonds is 7. The van der Waals surface area contributed by atoms with E-state index in [0.717, 1.165) is 31.1 Å². The second kappa shape index (κ2) is 10.2. The summed E-state index contributed by atoms with van der Waals surface area (Å²) < 4.78 is 26.1. The zero-order chi connectivity index (χ0) is 22.4. The molecule has 4 atom stereocenters. The Balaban J connectivity index is 1.65. The number of likely N-dealkylation sites (tertiary alicyclic amines) is 1. The molecule has 168 valence electrons. The first-order chi connectivity index (χ1) is 14.8. The summed E-state index contributed by atoms with van der Waals surface area (Å²) in [7, 11) is -3.36. The van der Waals surface area contributed by atoms with Gasteiger partial charge in [0.05, 0.1) is 18.2 Å². The second-order valence-electron chi connectivity index (χ2n) is 8.57. The molecule has 3 rings (SSSR count). The van der Waals surface area contributed by atoms with Gasteiger partial charge in [0.15, 0.2) is 0 Å². The van der Waals surface area contributed by atoms with Crippen LogP contribution in [0.25, 0.3) is 0 Å². The van der Waals surface area contributed by atoms with E-state index in [-0.39, 0.29) is 42.7 Å². The zero-order valence-electron chi connectivity index (χ0n) is 17.8. The Labute approximate surface area is 184 Å². The molecule has 9 heteroatoms. The number of amides is 2. The largest absolute Gasteiger partial charge is 0.350 e. The van der Waals surface area contributed by atoms with Gasteiger partial charge in [-0.2, -0.15) is 5.26 Å². The molecule has 0 radical (unpaired) electrons. The predicted molar refractivity (Wildman–Crippen MR) is 116 cm³/mol. The van der Waals surface area contributed by atoms with Crippen LogP contribution in [0.2, 0.25) is 0 Å². The first-order valence-electron chi connectivity index (χ1n) is 10.7. The molecule has 2 aliphatic rings. The maximum atomic E-state index is 13.1. The summed E-state index contributed by atoms with van der Waals surface area (Å²) >= 11 is 0. The van der Waals surface area contributed by atoms with Gasteiger partial charge >= 0.3 is 0 Å². The number of nitrogens with zero attached hydrogens (tertiary/aromatic N) is 2. The first kappa shape index (κ1) is 23.2. The number of hydrogen-bond donors (Lipinski definition) is 2. The summed E-state index contributed by atoms with van der Waals surface area (Å²) in [4.78, 5) is 27.5. The standard InChI is InChI=1S/C22H30N4O4S/c1-31(29,30)25-19-10-6-5-9-18(19)12-21(27)26-15-17(13-23)11-20(26)22(28)24-14-16-7-3-2-4-8-16/h2-4,7-8,17-20,25H,5-6,9-12,14-15H2,1H3,(H,24,28)/t17?,18?,19-,20+/m1/s1. The predicted octanol–water partition coefficient (Wildman–Crippen LogP) is 1.54. The molecule has 31 heavy (non-hydrogen) atoms. The van der Waals surface area contributed by atoms with Crippen molar-refractivity contribution in [3.05, 3.63) is 35.9 Å². The molecule has 2 unspecified atom stereocenters. The lowest BCUT2D eigenvalue weighted by atomic mass is 9.82. The van der Waals surface area contributed by atoms with Gasteiger partial charge in [0.2, 0.25) is 21.8 Å². The van der Waals surface area contributed by atoms with Crippen LogP contribution in [0.4, 0.5) is 0 Å². The second-order valence-corrected chi connectivity index (χ2v) is 10.4. The van der Waals surface area contributed by atoms with Crippen LogP contribution in [0.3, 0.4) is 0 Å². The van der Waals surface area contributed by atoms with Gasteiger partial charge in [-0.05, 0) is 30.7 Å². The molecule has 1 saturated carbocycles. The van der Waals surface area contributed by atoms with E-state index in [0.29, 0.717) is 19.4 Å². The summed E-state index contributed by atoms with van der Waals surface area (Å²) in [5, 5.41) is 12.2. The minimum atomic E-state index is -3.36. The van der Waals surface area contributed by atoms with Crippen LogP contribution < -0.4 is 10.0 Å². The monoisotopic (exact) mass is 446 g/mol. The Hall–Kier alpha value is -2.44. The molecule has 0 aromatic heterocycles. The molecular weight excluding hydrogens is 416 g/mol. The number of sulfonamides is 1. The smallest absolute Gasteiger partial charge is 0.243 e. The van der Waals surface area contributed by atoms with Crippen molar-refractivity contribution in [3.8, 4) is 6.07 Å². The van der Waals surface area contributed by atoms with Crippen molar-refractivity contribution in [2.75, 3.05) is 12.8 Å². The number of carbonyl (C=O) groups is 2. The van der Waals surface area contributed by atoms with Crippen LogP contribution in [-0.4, -0.2) is 50.0 Å².